The SMILES string of the molecule is CCOC(=O)c1c(NC(=O)c2cccc(COC)c2)sc(C)c1CC. The number of thiophene rings is 1. The zero-order chi connectivity index (χ0) is 18.4. The lowest BCUT2D eigenvalue weighted by Crippen LogP contribution is -2.15. The molecular weight excluding hydrogens is 338 g/mol. The number of aryl methyl sites for hydroxylation is 1. The molecule has 1 aromatic carbocycles. The van der Waals surface area contributed by atoms with E-state index >= 15 is 0 Å². The van der Waals surface area contributed by atoms with Gasteiger partial charge in [-0.25, -0.2) is 4.79 Å². The maximum absolute atomic E-state index is 12.6. The lowest BCUT2D eigenvalue weighted by atomic mass is 10.1. The summed E-state index contributed by atoms with van der Waals surface area (Å²) in [6.07, 6.45) is 0.704. The van der Waals surface area contributed by atoms with Crippen molar-refractivity contribution >= 4 is 28.2 Å². The molecule has 0 spiro atoms. The highest BCUT2D eigenvalue weighted by Crippen LogP contribution is 2.34. The second-order valence-electron chi connectivity index (χ2n) is 5.50. The molecule has 134 valence electrons. The molecule has 2 rings (SSSR count). The van der Waals surface area contributed by atoms with Gasteiger partial charge in [-0.3, -0.25) is 4.79 Å². The van der Waals surface area contributed by atoms with Crippen molar-refractivity contribution in [2.24, 2.45) is 0 Å². The van der Waals surface area contributed by atoms with Gasteiger partial charge in [0, 0.05) is 17.6 Å². The number of nitrogens with one attached hydrogen (secondary N) is 1. The number of hydrogen-bond donors (Lipinski definition) is 1. The van der Waals surface area contributed by atoms with E-state index in [-0.39, 0.29) is 5.91 Å². The third-order valence-electron chi connectivity index (χ3n) is 3.77. The van der Waals surface area contributed by atoms with Crippen LogP contribution < -0.4 is 5.32 Å². The minimum Gasteiger partial charge on any atom is -0.462 e. The van der Waals surface area contributed by atoms with Crippen LogP contribution in [0.5, 0.6) is 0 Å². The van der Waals surface area contributed by atoms with Crippen LogP contribution in [0, 0.1) is 6.92 Å². The number of hydrogen-bond acceptors (Lipinski definition) is 5. The Hall–Kier alpha value is -2.18. The summed E-state index contributed by atoms with van der Waals surface area (Å²) in [5, 5.41) is 3.41. The molecule has 0 saturated heterocycles. The number of ether oxygens (including phenoxy) is 2. The highest BCUT2D eigenvalue weighted by molar-refractivity contribution is 7.16. The zero-order valence-corrected chi connectivity index (χ0v) is 15.8. The highest BCUT2D eigenvalue weighted by atomic mass is 32.1. The Bertz CT molecular complexity index is 767. The van der Waals surface area contributed by atoms with Crippen LogP contribution in [-0.2, 0) is 22.5 Å². The van der Waals surface area contributed by atoms with E-state index in [1.165, 1.54) is 11.3 Å². The molecule has 0 fully saturated rings. The Kier molecular flexibility index (Phi) is 6.73. The Labute approximate surface area is 152 Å². The molecule has 1 N–H and O–H groups in total. The van der Waals surface area contributed by atoms with Crippen LogP contribution in [0.15, 0.2) is 24.3 Å². The topological polar surface area (TPSA) is 64.6 Å². The van der Waals surface area contributed by atoms with Crippen LogP contribution >= 0.6 is 11.3 Å². The molecule has 0 bridgehead atoms. The average Bonchev–Trinajstić information content (AvgIpc) is 2.90. The standard InChI is InChI=1S/C19H23NO4S/c1-5-15-12(3)25-18(16(15)19(22)24-6-2)20-17(21)14-9-7-8-13(10-14)11-23-4/h7-10H,5-6,11H2,1-4H3,(H,20,21). The fourth-order valence-electron chi connectivity index (χ4n) is 2.66. The molecule has 0 atom stereocenters. The Balaban J connectivity index is 2.31. The number of methoxy groups -OCH3 is 1. The summed E-state index contributed by atoms with van der Waals surface area (Å²) < 4.78 is 10.3. The van der Waals surface area contributed by atoms with E-state index in [2.05, 4.69) is 5.32 Å². The molecule has 0 aliphatic carbocycles. The molecule has 1 aromatic heterocycles. The third-order valence-corrected chi connectivity index (χ3v) is 4.83. The fourth-order valence-corrected chi connectivity index (χ4v) is 3.78. The van der Waals surface area contributed by atoms with Gasteiger partial charge in [0.2, 0.25) is 0 Å². The van der Waals surface area contributed by atoms with E-state index in [1.807, 2.05) is 26.0 Å². The normalized spacial score (nSPS) is 10.6. The summed E-state index contributed by atoms with van der Waals surface area (Å²) in [6, 6.07) is 7.23. The van der Waals surface area contributed by atoms with Crippen LogP contribution in [0.4, 0.5) is 5.00 Å². The van der Waals surface area contributed by atoms with Crippen LogP contribution in [-0.4, -0.2) is 25.6 Å². The van der Waals surface area contributed by atoms with E-state index in [4.69, 9.17) is 9.47 Å². The summed E-state index contributed by atoms with van der Waals surface area (Å²) in [4.78, 5) is 26.0. The molecule has 1 heterocycles. The number of amides is 1. The van der Waals surface area contributed by atoms with E-state index in [0.717, 1.165) is 16.0 Å². The first-order chi connectivity index (χ1) is 12.0. The summed E-state index contributed by atoms with van der Waals surface area (Å²) in [5.41, 5.74) is 2.82. The minimum absolute atomic E-state index is 0.257. The largest absolute Gasteiger partial charge is 0.462 e. The maximum atomic E-state index is 12.6. The van der Waals surface area contributed by atoms with Crippen molar-refractivity contribution in [1.29, 1.82) is 0 Å². The van der Waals surface area contributed by atoms with Crippen LogP contribution in [0.3, 0.4) is 0 Å². The lowest BCUT2D eigenvalue weighted by molar-refractivity contribution is 0.0527. The van der Waals surface area contributed by atoms with Gasteiger partial charge in [0.25, 0.3) is 5.91 Å². The lowest BCUT2D eigenvalue weighted by Gasteiger charge is -2.09. The van der Waals surface area contributed by atoms with Crippen molar-refractivity contribution < 1.29 is 19.1 Å². The molecule has 2 aromatic rings. The second-order valence-corrected chi connectivity index (χ2v) is 6.73. The van der Waals surface area contributed by atoms with Gasteiger partial charge in [0.05, 0.1) is 18.8 Å². The molecule has 0 aliphatic rings. The van der Waals surface area contributed by atoms with Crippen LogP contribution in [0.1, 0.15) is 50.6 Å². The first kappa shape index (κ1) is 19.1. The van der Waals surface area contributed by atoms with Gasteiger partial charge in [0.1, 0.15) is 5.00 Å². The first-order valence-corrected chi connectivity index (χ1v) is 9.02. The van der Waals surface area contributed by atoms with E-state index in [0.29, 0.717) is 35.8 Å². The Morgan fingerprint density at radius 3 is 2.64 bits per heavy atom. The first-order valence-electron chi connectivity index (χ1n) is 8.20. The van der Waals surface area contributed by atoms with Crippen molar-refractivity contribution in [2.45, 2.75) is 33.8 Å². The summed E-state index contributed by atoms with van der Waals surface area (Å²) in [6.45, 7) is 6.43. The zero-order valence-electron chi connectivity index (χ0n) is 15.0. The molecule has 6 heteroatoms. The predicted molar refractivity (Wildman–Crippen MR) is 99.5 cm³/mol. The fraction of sp³-hybridized carbons (Fsp3) is 0.368. The van der Waals surface area contributed by atoms with Crippen molar-refractivity contribution in [3.8, 4) is 0 Å². The summed E-state index contributed by atoms with van der Waals surface area (Å²) in [7, 11) is 1.61. The van der Waals surface area contributed by atoms with Gasteiger partial charge in [0.15, 0.2) is 0 Å². The predicted octanol–water partition coefficient (Wildman–Crippen LogP) is 4.19. The number of benzene rings is 1. The minimum atomic E-state index is -0.396. The second kappa shape index (κ2) is 8.78. The quantitative estimate of drug-likeness (QED) is 0.751. The van der Waals surface area contributed by atoms with Crippen molar-refractivity contribution in [1.82, 2.24) is 0 Å². The van der Waals surface area contributed by atoms with Gasteiger partial charge >= 0.3 is 5.97 Å². The average molecular weight is 361 g/mol. The molecule has 1 amide bonds. The highest BCUT2D eigenvalue weighted by Gasteiger charge is 2.23. The van der Waals surface area contributed by atoms with E-state index < -0.39 is 5.97 Å². The molecule has 5 nitrogen and oxygen atoms in total. The maximum Gasteiger partial charge on any atom is 0.341 e. The molecule has 0 aliphatic heterocycles. The Morgan fingerprint density at radius 2 is 2.00 bits per heavy atom. The van der Waals surface area contributed by atoms with Gasteiger partial charge < -0.3 is 14.8 Å². The van der Waals surface area contributed by atoms with Gasteiger partial charge in [-0.2, -0.15) is 0 Å². The van der Waals surface area contributed by atoms with Crippen LogP contribution in [0.2, 0.25) is 0 Å². The summed E-state index contributed by atoms with van der Waals surface area (Å²) in [5.74, 6) is -0.653. The molecule has 0 saturated carbocycles. The summed E-state index contributed by atoms with van der Waals surface area (Å²) >= 11 is 1.40. The number of anilines is 1. The molecule has 25 heavy (non-hydrogen) atoms. The van der Waals surface area contributed by atoms with Gasteiger partial charge in [-0.1, -0.05) is 19.1 Å². The number of rotatable bonds is 7. The number of carbonyl (C=O) groups is 2. The molecule has 0 radical (unpaired) electrons. The number of esters is 1. The third kappa shape index (κ3) is 4.46. The van der Waals surface area contributed by atoms with Crippen molar-refractivity contribution in [3.05, 3.63) is 51.4 Å². The molecule has 0 unspecified atom stereocenters. The van der Waals surface area contributed by atoms with Crippen molar-refractivity contribution in [3.63, 3.8) is 0 Å². The molecular formula is C19H23NO4S. The van der Waals surface area contributed by atoms with Gasteiger partial charge in [-0.15, -0.1) is 11.3 Å². The Morgan fingerprint density at radius 1 is 1.24 bits per heavy atom. The van der Waals surface area contributed by atoms with E-state index in [9.17, 15) is 9.59 Å². The van der Waals surface area contributed by atoms with Crippen molar-refractivity contribution in [2.75, 3.05) is 19.0 Å². The van der Waals surface area contributed by atoms with Crippen LogP contribution in [0.25, 0.3) is 0 Å². The smallest absolute Gasteiger partial charge is 0.341 e. The van der Waals surface area contributed by atoms with E-state index in [1.54, 1.807) is 26.2 Å². The monoisotopic (exact) mass is 361 g/mol. The van der Waals surface area contributed by atoms with Gasteiger partial charge in [-0.05, 0) is 43.5 Å². The number of carbonyl (C=O) groups excluding carboxylic acids is 2.